The predicted molar refractivity (Wildman–Crippen MR) is 92.9 cm³/mol. The zero-order valence-electron chi connectivity index (χ0n) is 14.8. The van der Waals surface area contributed by atoms with Gasteiger partial charge in [0, 0.05) is 6.20 Å². The number of benzene rings is 1. The third-order valence-electron chi connectivity index (χ3n) is 4.12. The Morgan fingerprint density at radius 3 is 2.58 bits per heavy atom. The number of methoxy groups -OCH3 is 3. The van der Waals surface area contributed by atoms with E-state index in [0.29, 0.717) is 17.3 Å². The SMILES string of the molecule is COC(=O)c1ccc(CN2C=Cc3cc(OC)c(OC)cc3CC2=O)o1. The highest BCUT2D eigenvalue weighted by Crippen LogP contribution is 2.33. The first-order valence-electron chi connectivity index (χ1n) is 7.95. The van der Waals surface area contributed by atoms with E-state index in [0.717, 1.165) is 11.1 Å². The van der Waals surface area contributed by atoms with E-state index in [4.69, 9.17) is 13.9 Å². The average Bonchev–Trinajstić information content (AvgIpc) is 3.07. The minimum Gasteiger partial charge on any atom is -0.493 e. The van der Waals surface area contributed by atoms with E-state index in [9.17, 15) is 9.59 Å². The molecular weight excluding hydrogens is 338 g/mol. The van der Waals surface area contributed by atoms with Gasteiger partial charge in [-0.05, 0) is 41.5 Å². The van der Waals surface area contributed by atoms with E-state index >= 15 is 0 Å². The Labute approximate surface area is 150 Å². The van der Waals surface area contributed by atoms with E-state index in [1.165, 1.54) is 13.2 Å². The maximum atomic E-state index is 12.6. The van der Waals surface area contributed by atoms with Crippen molar-refractivity contribution in [2.24, 2.45) is 0 Å². The molecule has 0 radical (unpaired) electrons. The molecule has 0 fully saturated rings. The summed E-state index contributed by atoms with van der Waals surface area (Å²) in [5.41, 5.74) is 1.73. The van der Waals surface area contributed by atoms with E-state index in [2.05, 4.69) is 4.74 Å². The fourth-order valence-electron chi connectivity index (χ4n) is 2.74. The monoisotopic (exact) mass is 357 g/mol. The van der Waals surface area contributed by atoms with Gasteiger partial charge in [0.25, 0.3) is 0 Å². The lowest BCUT2D eigenvalue weighted by atomic mass is 10.0. The molecule has 0 bridgehead atoms. The molecule has 2 heterocycles. The van der Waals surface area contributed by atoms with Gasteiger partial charge in [0.05, 0.1) is 34.3 Å². The van der Waals surface area contributed by atoms with Crippen LogP contribution in [0, 0.1) is 0 Å². The van der Waals surface area contributed by atoms with Crippen molar-refractivity contribution in [1.82, 2.24) is 4.90 Å². The summed E-state index contributed by atoms with van der Waals surface area (Å²) in [5.74, 6) is 1.13. The number of nitrogens with zero attached hydrogens (tertiary/aromatic N) is 1. The third kappa shape index (κ3) is 3.42. The van der Waals surface area contributed by atoms with E-state index < -0.39 is 5.97 Å². The Hall–Kier alpha value is -3.22. The fourth-order valence-corrected chi connectivity index (χ4v) is 2.74. The van der Waals surface area contributed by atoms with Crippen LogP contribution in [-0.2, 0) is 22.5 Å². The second-order valence-corrected chi connectivity index (χ2v) is 5.68. The van der Waals surface area contributed by atoms with Gasteiger partial charge < -0.3 is 23.5 Å². The fraction of sp³-hybridized carbons (Fsp3) is 0.263. The van der Waals surface area contributed by atoms with Crippen LogP contribution in [0.25, 0.3) is 6.08 Å². The number of hydrogen-bond donors (Lipinski definition) is 0. The molecule has 26 heavy (non-hydrogen) atoms. The Balaban J connectivity index is 1.82. The molecule has 0 saturated carbocycles. The maximum absolute atomic E-state index is 12.6. The molecule has 0 spiro atoms. The Bertz CT molecular complexity index is 867. The molecule has 1 amide bonds. The lowest BCUT2D eigenvalue weighted by Gasteiger charge is -2.15. The second kappa shape index (κ2) is 7.35. The van der Waals surface area contributed by atoms with Crippen molar-refractivity contribution in [3.05, 3.63) is 53.1 Å². The molecule has 0 N–H and O–H groups in total. The van der Waals surface area contributed by atoms with Crippen LogP contribution in [0.1, 0.15) is 27.4 Å². The molecule has 0 atom stereocenters. The molecular formula is C19H19NO6. The van der Waals surface area contributed by atoms with Crippen molar-refractivity contribution in [3.8, 4) is 11.5 Å². The molecule has 1 aliphatic heterocycles. The van der Waals surface area contributed by atoms with Crippen LogP contribution in [0.15, 0.2) is 34.9 Å². The number of carbonyl (C=O) groups excluding carboxylic acids is 2. The lowest BCUT2D eigenvalue weighted by molar-refractivity contribution is -0.128. The van der Waals surface area contributed by atoms with Crippen molar-refractivity contribution in [2.75, 3.05) is 21.3 Å². The molecule has 1 aliphatic rings. The van der Waals surface area contributed by atoms with Crippen LogP contribution in [-0.4, -0.2) is 38.1 Å². The van der Waals surface area contributed by atoms with Gasteiger partial charge in [0.15, 0.2) is 11.5 Å². The molecule has 7 nitrogen and oxygen atoms in total. The zero-order valence-corrected chi connectivity index (χ0v) is 14.8. The Morgan fingerprint density at radius 2 is 1.88 bits per heavy atom. The first-order chi connectivity index (χ1) is 12.5. The van der Waals surface area contributed by atoms with Crippen LogP contribution >= 0.6 is 0 Å². The molecule has 0 unspecified atom stereocenters. The Kier molecular flexibility index (Phi) is 4.97. The summed E-state index contributed by atoms with van der Waals surface area (Å²) >= 11 is 0. The summed E-state index contributed by atoms with van der Waals surface area (Å²) in [6.45, 7) is 0.217. The minimum atomic E-state index is -0.555. The highest BCUT2D eigenvalue weighted by Gasteiger charge is 2.21. The van der Waals surface area contributed by atoms with Crippen LogP contribution in [0.5, 0.6) is 11.5 Å². The van der Waals surface area contributed by atoms with Crippen LogP contribution in [0.4, 0.5) is 0 Å². The number of rotatable bonds is 5. The van der Waals surface area contributed by atoms with Gasteiger partial charge in [-0.25, -0.2) is 4.79 Å². The first kappa shape index (κ1) is 17.6. The molecule has 1 aromatic heterocycles. The van der Waals surface area contributed by atoms with Gasteiger partial charge in [-0.15, -0.1) is 0 Å². The summed E-state index contributed by atoms with van der Waals surface area (Å²) in [6, 6.07) is 6.82. The summed E-state index contributed by atoms with van der Waals surface area (Å²) in [4.78, 5) is 25.6. The van der Waals surface area contributed by atoms with Gasteiger partial charge in [-0.1, -0.05) is 0 Å². The van der Waals surface area contributed by atoms with E-state index in [1.807, 2.05) is 18.2 Å². The molecule has 1 aromatic carbocycles. The smallest absolute Gasteiger partial charge is 0.373 e. The van der Waals surface area contributed by atoms with E-state index in [1.54, 1.807) is 31.4 Å². The molecule has 2 aromatic rings. The minimum absolute atomic E-state index is 0.0942. The van der Waals surface area contributed by atoms with Crippen LogP contribution in [0.3, 0.4) is 0 Å². The molecule has 136 valence electrons. The largest absolute Gasteiger partial charge is 0.493 e. The molecule has 3 rings (SSSR count). The number of hydrogen-bond acceptors (Lipinski definition) is 6. The standard InChI is InChI=1S/C19H19NO6/c1-23-16-8-12-6-7-20(18(21)10-13(12)9-17(16)24-2)11-14-4-5-15(26-14)19(22)25-3/h4-9H,10-11H2,1-3H3. The van der Waals surface area contributed by atoms with Gasteiger partial charge in [-0.3, -0.25) is 4.79 Å². The summed E-state index contributed by atoms with van der Waals surface area (Å²) in [7, 11) is 4.41. The number of amides is 1. The van der Waals surface area contributed by atoms with Crippen LogP contribution < -0.4 is 9.47 Å². The van der Waals surface area contributed by atoms with Gasteiger partial charge in [-0.2, -0.15) is 0 Å². The maximum Gasteiger partial charge on any atom is 0.373 e. The van der Waals surface area contributed by atoms with Crippen molar-refractivity contribution in [2.45, 2.75) is 13.0 Å². The topological polar surface area (TPSA) is 78.2 Å². The van der Waals surface area contributed by atoms with Gasteiger partial charge in [0.1, 0.15) is 5.76 Å². The average molecular weight is 357 g/mol. The highest BCUT2D eigenvalue weighted by atomic mass is 16.5. The van der Waals surface area contributed by atoms with Gasteiger partial charge in [0.2, 0.25) is 11.7 Å². The number of esters is 1. The first-order valence-corrected chi connectivity index (χ1v) is 7.95. The molecule has 0 saturated heterocycles. The predicted octanol–water partition coefficient (Wildman–Crippen LogP) is 2.64. The summed E-state index contributed by atoms with van der Waals surface area (Å²) < 4.78 is 20.7. The number of ether oxygens (including phenoxy) is 3. The molecule has 0 aliphatic carbocycles. The third-order valence-corrected chi connectivity index (χ3v) is 4.12. The zero-order chi connectivity index (χ0) is 18.7. The number of carbonyl (C=O) groups is 2. The Morgan fingerprint density at radius 1 is 1.15 bits per heavy atom. The van der Waals surface area contributed by atoms with Crippen molar-refractivity contribution in [1.29, 1.82) is 0 Å². The van der Waals surface area contributed by atoms with Gasteiger partial charge >= 0.3 is 5.97 Å². The summed E-state index contributed by atoms with van der Waals surface area (Å²) in [5, 5.41) is 0. The van der Waals surface area contributed by atoms with Crippen molar-refractivity contribution >= 4 is 18.0 Å². The van der Waals surface area contributed by atoms with Crippen molar-refractivity contribution in [3.63, 3.8) is 0 Å². The highest BCUT2D eigenvalue weighted by molar-refractivity contribution is 5.86. The quantitative estimate of drug-likeness (QED) is 0.766. The number of fused-ring (bicyclic) bond motifs is 1. The summed E-state index contributed by atoms with van der Waals surface area (Å²) in [6.07, 6.45) is 3.75. The normalized spacial score (nSPS) is 13.2. The molecule has 7 heteroatoms. The van der Waals surface area contributed by atoms with E-state index in [-0.39, 0.29) is 24.6 Å². The van der Waals surface area contributed by atoms with Crippen molar-refractivity contribution < 1.29 is 28.2 Å². The number of furan rings is 1. The second-order valence-electron chi connectivity index (χ2n) is 5.68. The van der Waals surface area contributed by atoms with Crippen LogP contribution in [0.2, 0.25) is 0 Å². The lowest BCUT2D eigenvalue weighted by Crippen LogP contribution is -2.25.